The molecule has 1 saturated carbocycles. The lowest BCUT2D eigenvalue weighted by atomic mass is 9.87. The maximum Gasteiger partial charge on any atom is 0.408 e. The minimum absolute atomic E-state index is 0.103. The Hall–Kier alpha value is -2.57. The van der Waals surface area contributed by atoms with Crippen molar-refractivity contribution in [2.75, 3.05) is 0 Å². The maximum atomic E-state index is 14.6. The summed E-state index contributed by atoms with van der Waals surface area (Å²) in [6, 6.07) is 4.41. The highest BCUT2D eigenvalue weighted by atomic mass is 16.6. The van der Waals surface area contributed by atoms with Gasteiger partial charge in [0, 0.05) is 11.6 Å². The number of carbonyl (C=O) groups excluding carboxylic acids is 3. The van der Waals surface area contributed by atoms with Gasteiger partial charge in [-0.2, -0.15) is 0 Å². The van der Waals surface area contributed by atoms with Crippen molar-refractivity contribution < 1.29 is 19.1 Å². The molecular formula is C32H53N3O4. The molecule has 39 heavy (non-hydrogen) atoms. The van der Waals surface area contributed by atoms with Crippen LogP contribution in [-0.2, 0) is 14.3 Å². The van der Waals surface area contributed by atoms with Gasteiger partial charge in [-0.25, -0.2) is 4.79 Å². The van der Waals surface area contributed by atoms with E-state index in [1.165, 1.54) is 6.42 Å². The average molecular weight is 544 g/mol. The highest BCUT2D eigenvalue weighted by molar-refractivity contribution is 5.93. The first-order valence-electron chi connectivity index (χ1n) is 14.8. The molecule has 2 atom stereocenters. The summed E-state index contributed by atoms with van der Waals surface area (Å²) in [6.45, 7) is 19.4. The predicted octanol–water partition coefficient (Wildman–Crippen LogP) is 6.75. The van der Waals surface area contributed by atoms with E-state index in [1.54, 1.807) is 25.7 Å². The van der Waals surface area contributed by atoms with Crippen molar-refractivity contribution in [1.82, 2.24) is 15.5 Å². The zero-order valence-electron chi connectivity index (χ0n) is 26.1. The number of benzene rings is 1. The Labute approximate surface area is 236 Å². The first-order chi connectivity index (χ1) is 18.1. The van der Waals surface area contributed by atoms with E-state index in [1.807, 2.05) is 66.7 Å². The van der Waals surface area contributed by atoms with Crippen LogP contribution >= 0.6 is 0 Å². The molecule has 1 aromatic carbocycles. The zero-order chi connectivity index (χ0) is 29.5. The van der Waals surface area contributed by atoms with E-state index in [0.717, 1.165) is 42.4 Å². The molecule has 0 aromatic heterocycles. The molecule has 0 radical (unpaired) electrons. The fourth-order valence-corrected chi connectivity index (χ4v) is 5.42. The van der Waals surface area contributed by atoms with Crippen molar-refractivity contribution >= 4 is 17.9 Å². The summed E-state index contributed by atoms with van der Waals surface area (Å²) in [5.74, 6) is -0.294. The van der Waals surface area contributed by atoms with Gasteiger partial charge in [0.05, 0.1) is 0 Å². The van der Waals surface area contributed by atoms with E-state index in [2.05, 4.69) is 10.6 Å². The molecule has 3 amide bonds. The van der Waals surface area contributed by atoms with Crippen molar-refractivity contribution in [3.05, 3.63) is 34.9 Å². The molecule has 1 aliphatic carbocycles. The molecule has 2 unspecified atom stereocenters. The topological polar surface area (TPSA) is 87.7 Å². The third-order valence-electron chi connectivity index (χ3n) is 7.72. The van der Waals surface area contributed by atoms with Gasteiger partial charge in [0.2, 0.25) is 11.8 Å². The van der Waals surface area contributed by atoms with Crippen molar-refractivity contribution in [2.45, 2.75) is 143 Å². The van der Waals surface area contributed by atoms with Crippen molar-refractivity contribution in [1.29, 1.82) is 0 Å². The Bertz CT molecular complexity index is 969. The number of rotatable bonds is 10. The van der Waals surface area contributed by atoms with E-state index < -0.39 is 29.3 Å². The lowest BCUT2D eigenvalue weighted by Gasteiger charge is -2.45. The quantitative estimate of drug-likeness (QED) is 0.342. The molecule has 2 N–H and O–H groups in total. The normalized spacial score (nSPS) is 16.4. The first kappa shape index (κ1) is 32.6. The van der Waals surface area contributed by atoms with Gasteiger partial charge in [-0.05, 0) is 96.8 Å². The number of ether oxygens (including phenoxy) is 1. The summed E-state index contributed by atoms with van der Waals surface area (Å²) in [6.07, 6.45) is 5.71. The number of carbonyl (C=O) groups is 3. The molecule has 7 heteroatoms. The van der Waals surface area contributed by atoms with Crippen LogP contribution < -0.4 is 10.6 Å². The molecule has 0 bridgehead atoms. The number of alkyl carbamates (subject to hydrolysis) is 1. The summed E-state index contributed by atoms with van der Waals surface area (Å²) in [7, 11) is 0. The molecule has 220 valence electrons. The number of hydrogen-bond acceptors (Lipinski definition) is 4. The van der Waals surface area contributed by atoms with Gasteiger partial charge < -0.3 is 20.3 Å². The number of amides is 3. The minimum atomic E-state index is -0.833. The highest BCUT2D eigenvalue weighted by Gasteiger charge is 2.44. The minimum Gasteiger partial charge on any atom is -0.444 e. The van der Waals surface area contributed by atoms with Gasteiger partial charge in [0.15, 0.2) is 0 Å². The highest BCUT2D eigenvalue weighted by Crippen LogP contribution is 2.36. The Morgan fingerprint density at radius 1 is 1.00 bits per heavy atom. The summed E-state index contributed by atoms with van der Waals surface area (Å²) < 4.78 is 5.52. The van der Waals surface area contributed by atoms with Gasteiger partial charge in [-0.3, -0.25) is 9.59 Å². The Morgan fingerprint density at radius 3 is 2.05 bits per heavy atom. The average Bonchev–Trinajstić information content (AvgIpc) is 2.81. The van der Waals surface area contributed by atoms with E-state index in [4.69, 9.17) is 4.74 Å². The lowest BCUT2D eigenvalue weighted by Crippen LogP contribution is -2.60. The van der Waals surface area contributed by atoms with Crippen LogP contribution in [0.2, 0.25) is 0 Å². The number of hydrogen-bond donors (Lipinski definition) is 2. The molecule has 0 heterocycles. The SMILES string of the molecule is CCC(C)(C)N(C(=O)C(CC(C)C)NC(=O)OC(C)(C)C)C(C(=O)NC1CCCCC1)c1c(C)cccc1C. The van der Waals surface area contributed by atoms with Crippen LogP contribution in [0.5, 0.6) is 0 Å². The van der Waals surface area contributed by atoms with Gasteiger partial charge in [-0.1, -0.05) is 58.2 Å². The molecule has 1 aromatic rings. The van der Waals surface area contributed by atoms with Crippen LogP contribution in [0.3, 0.4) is 0 Å². The van der Waals surface area contributed by atoms with Crippen LogP contribution in [0.4, 0.5) is 4.79 Å². The van der Waals surface area contributed by atoms with Gasteiger partial charge >= 0.3 is 6.09 Å². The molecule has 0 spiro atoms. The van der Waals surface area contributed by atoms with Crippen LogP contribution in [0.15, 0.2) is 18.2 Å². The van der Waals surface area contributed by atoms with Gasteiger partial charge in [0.1, 0.15) is 17.7 Å². The van der Waals surface area contributed by atoms with Crippen molar-refractivity contribution in [3.63, 3.8) is 0 Å². The second kappa shape index (κ2) is 13.7. The molecule has 1 fully saturated rings. The fraction of sp³-hybridized carbons (Fsp3) is 0.719. The van der Waals surface area contributed by atoms with Gasteiger partial charge in [-0.15, -0.1) is 0 Å². The fourth-order valence-electron chi connectivity index (χ4n) is 5.42. The predicted molar refractivity (Wildman–Crippen MR) is 158 cm³/mol. The Morgan fingerprint density at radius 2 is 1.56 bits per heavy atom. The smallest absolute Gasteiger partial charge is 0.408 e. The van der Waals surface area contributed by atoms with E-state index in [-0.39, 0.29) is 23.8 Å². The second-order valence-corrected chi connectivity index (χ2v) is 13.3. The summed E-state index contributed by atoms with van der Waals surface area (Å²) in [4.78, 5) is 43.5. The third-order valence-corrected chi connectivity index (χ3v) is 7.72. The monoisotopic (exact) mass is 543 g/mol. The standard InChI is InChI=1S/C32H53N3O4/c1-11-32(9,10)35(29(37)25(20-21(2)3)34-30(38)39-31(6,7)8)27(26-22(4)16-15-17-23(26)5)28(36)33-24-18-13-12-14-19-24/h15-17,21,24-25,27H,11-14,18-20H2,1-10H3,(H,33,36)(H,34,38). The first-order valence-corrected chi connectivity index (χ1v) is 14.8. The number of nitrogens with one attached hydrogen (secondary N) is 2. The van der Waals surface area contributed by atoms with Crippen LogP contribution in [0.25, 0.3) is 0 Å². The van der Waals surface area contributed by atoms with Crippen molar-refractivity contribution in [3.8, 4) is 0 Å². The van der Waals surface area contributed by atoms with Gasteiger partial charge in [0.25, 0.3) is 0 Å². The summed E-state index contributed by atoms with van der Waals surface area (Å²) >= 11 is 0. The number of nitrogens with zero attached hydrogens (tertiary/aromatic N) is 1. The Kier molecular flexibility index (Phi) is 11.4. The molecule has 7 nitrogen and oxygen atoms in total. The second-order valence-electron chi connectivity index (χ2n) is 13.3. The molecule has 2 rings (SSSR count). The molecule has 1 aliphatic rings. The van der Waals surface area contributed by atoms with E-state index in [9.17, 15) is 14.4 Å². The summed E-state index contributed by atoms with van der Waals surface area (Å²) in [5.41, 5.74) is 1.42. The lowest BCUT2D eigenvalue weighted by molar-refractivity contribution is -0.150. The zero-order valence-corrected chi connectivity index (χ0v) is 26.1. The van der Waals surface area contributed by atoms with Crippen LogP contribution in [-0.4, -0.2) is 46.0 Å². The maximum absolute atomic E-state index is 14.6. The van der Waals surface area contributed by atoms with Crippen molar-refractivity contribution in [2.24, 2.45) is 5.92 Å². The summed E-state index contributed by atoms with van der Waals surface area (Å²) in [5, 5.41) is 6.16. The largest absolute Gasteiger partial charge is 0.444 e. The number of aryl methyl sites for hydroxylation is 2. The van der Waals surface area contributed by atoms with E-state index in [0.29, 0.717) is 12.8 Å². The third kappa shape index (κ3) is 9.25. The molecule has 0 saturated heterocycles. The Balaban J connectivity index is 2.63. The van der Waals surface area contributed by atoms with Crippen LogP contribution in [0, 0.1) is 19.8 Å². The molecule has 0 aliphatic heterocycles. The molecular weight excluding hydrogens is 490 g/mol. The van der Waals surface area contributed by atoms with Crippen LogP contribution in [0.1, 0.15) is 123 Å². The van der Waals surface area contributed by atoms with E-state index >= 15 is 0 Å².